The number of nitrogen functional groups attached to an aromatic ring is 1. The highest BCUT2D eigenvalue weighted by Crippen LogP contribution is 2.33. The Kier molecular flexibility index (Phi) is 7.05. The lowest BCUT2D eigenvalue weighted by atomic mass is 10.0. The number of nitrogens with one attached hydrogen (secondary N) is 1. The molecule has 3 aromatic rings. The number of β-amino-alcohol motifs (C(OH)–C–C–N with tert-alkyl or cyclic N) is 1. The lowest BCUT2D eigenvalue weighted by molar-refractivity contribution is 0.198. The first-order valence-corrected chi connectivity index (χ1v) is 11.2. The molecule has 0 saturated carbocycles. The Labute approximate surface area is 210 Å². The summed E-state index contributed by atoms with van der Waals surface area (Å²) in [6.45, 7) is 0.974. The third-order valence-electron chi connectivity index (χ3n) is 5.55. The summed E-state index contributed by atoms with van der Waals surface area (Å²) < 4.78 is 19.5. The average molecular weight is 516 g/mol. The van der Waals surface area contributed by atoms with E-state index in [0.717, 1.165) is 6.20 Å². The van der Waals surface area contributed by atoms with Crippen molar-refractivity contribution in [3.8, 4) is 11.8 Å². The van der Waals surface area contributed by atoms with Crippen molar-refractivity contribution in [2.45, 2.75) is 18.8 Å². The van der Waals surface area contributed by atoms with Gasteiger partial charge in [0, 0.05) is 42.3 Å². The summed E-state index contributed by atoms with van der Waals surface area (Å²) in [4.78, 5) is 9.63. The summed E-state index contributed by atoms with van der Waals surface area (Å²) in [5.74, 6) is -0.250. The van der Waals surface area contributed by atoms with Gasteiger partial charge >= 0.3 is 0 Å². The molecule has 1 aliphatic rings. The van der Waals surface area contributed by atoms with Crippen LogP contribution in [0.5, 0.6) is 5.75 Å². The van der Waals surface area contributed by atoms with Crippen molar-refractivity contribution in [3.63, 3.8) is 0 Å². The first-order valence-electron chi connectivity index (χ1n) is 10.4. The van der Waals surface area contributed by atoms with Gasteiger partial charge in [-0.1, -0.05) is 23.2 Å². The molecule has 2 aromatic heterocycles. The van der Waals surface area contributed by atoms with Crippen LogP contribution in [-0.2, 0) is 0 Å². The number of pyridine rings is 2. The number of ether oxygens (including phenoxy) is 1. The molecule has 0 bridgehead atoms. The number of aliphatic hydroxyl groups excluding tert-OH is 1. The molecule has 4 rings (SSSR count). The Morgan fingerprint density at radius 3 is 2.77 bits per heavy atom. The molecular formula is C23H20Cl2FN7O2. The Morgan fingerprint density at radius 1 is 1.31 bits per heavy atom. The summed E-state index contributed by atoms with van der Waals surface area (Å²) >= 11 is 12.0. The van der Waals surface area contributed by atoms with Crippen molar-refractivity contribution in [3.05, 3.63) is 74.9 Å². The Morgan fingerprint density at radius 2 is 2.09 bits per heavy atom. The monoisotopic (exact) mass is 515 g/mol. The van der Waals surface area contributed by atoms with Crippen LogP contribution in [0.3, 0.4) is 0 Å². The van der Waals surface area contributed by atoms with Crippen molar-refractivity contribution in [2.24, 2.45) is 5.73 Å². The fraction of sp³-hybridized carbons (Fsp3) is 0.217. The van der Waals surface area contributed by atoms with Crippen LogP contribution in [0.2, 0.25) is 10.0 Å². The maximum Gasteiger partial charge on any atom is 0.232 e. The number of rotatable bonds is 6. The van der Waals surface area contributed by atoms with Crippen LogP contribution in [-0.4, -0.2) is 40.0 Å². The number of anilines is 2. The number of nitriles is 1. The largest absolute Gasteiger partial charge is 0.471 e. The summed E-state index contributed by atoms with van der Waals surface area (Å²) in [5, 5.41) is 27.8. The van der Waals surface area contributed by atoms with Gasteiger partial charge in [-0.05, 0) is 30.7 Å². The van der Waals surface area contributed by atoms with Gasteiger partial charge < -0.3 is 20.5 Å². The van der Waals surface area contributed by atoms with E-state index in [1.54, 1.807) is 6.07 Å². The van der Waals surface area contributed by atoms with E-state index in [9.17, 15) is 14.8 Å². The van der Waals surface area contributed by atoms with Crippen molar-refractivity contribution >= 4 is 40.4 Å². The molecule has 9 nitrogen and oxygen atoms in total. The Bertz CT molecular complexity index is 1350. The molecule has 0 radical (unpaired) electrons. The van der Waals surface area contributed by atoms with E-state index < -0.39 is 18.3 Å². The molecule has 1 saturated heterocycles. The van der Waals surface area contributed by atoms with E-state index in [0.29, 0.717) is 36.5 Å². The zero-order valence-corrected chi connectivity index (χ0v) is 19.7. The fourth-order valence-electron chi connectivity index (χ4n) is 3.77. The number of hydrogen-bond acceptors (Lipinski definition) is 9. The third kappa shape index (κ3) is 4.99. The zero-order chi connectivity index (χ0) is 25.3. The maximum atomic E-state index is 13.8. The number of nitrogens with two attached hydrogens (primary N) is 2. The van der Waals surface area contributed by atoms with E-state index >= 15 is 0 Å². The highest BCUT2D eigenvalue weighted by Gasteiger charge is 2.25. The molecule has 35 heavy (non-hydrogen) atoms. The van der Waals surface area contributed by atoms with Crippen LogP contribution in [0.25, 0.3) is 0 Å². The molecular weight excluding hydrogens is 496 g/mol. The maximum absolute atomic E-state index is 13.8. The quantitative estimate of drug-likeness (QED) is 0.168. The number of aliphatic hydroxyl groups is 1. The molecule has 12 heteroatoms. The second-order valence-electron chi connectivity index (χ2n) is 7.88. The molecule has 1 aliphatic heterocycles. The number of benzene rings is 1. The highest BCUT2D eigenvalue weighted by molar-refractivity contribution is 6.35. The first kappa shape index (κ1) is 24.6. The molecule has 180 valence electrons. The van der Waals surface area contributed by atoms with Crippen LogP contribution in [0.1, 0.15) is 34.9 Å². The van der Waals surface area contributed by atoms with Crippen LogP contribution in [0.4, 0.5) is 15.9 Å². The molecule has 1 fully saturated rings. The number of nitrogens with zero attached hydrogens (tertiary/aromatic N) is 4. The minimum Gasteiger partial charge on any atom is -0.471 e. The van der Waals surface area contributed by atoms with Gasteiger partial charge in [0.05, 0.1) is 28.0 Å². The Balaban J connectivity index is 1.61. The van der Waals surface area contributed by atoms with Crippen LogP contribution in [0, 0.1) is 22.7 Å². The van der Waals surface area contributed by atoms with Crippen molar-refractivity contribution < 1.29 is 14.2 Å². The van der Waals surface area contributed by atoms with Crippen LogP contribution in [0.15, 0.2) is 36.7 Å². The minimum absolute atomic E-state index is 0.00421. The predicted octanol–water partition coefficient (Wildman–Crippen LogP) is 3.40. The van der Waals surface area contributed by atoms with Gasteiger partial charge in [0.2, 0.25) is 5.95 Å². The lowest BCUT2D eigenvalue weighted by Crippen LogP contribution is -2.23. The third-order valence-corrected chi connectivity index (χ3v) is 6.21. The molecule has 3 heterocycles. The van der Waals surface area contributed by atoms with E-state index in [-0.39, 0.29) is 38.3 Å². The predicted molar refractivity (Wildman–Crippen MR) is 130 cm³/mol. The standard InChI is InChI=1S/C23H20Cl2FN7O2/c24-16-9-31-21(26)19(25)18(16)22(30)35-14-1-2-17(28)15(6-14)20(29)12-5-11(7-27)23(32-8-12)33-4-3-13(34)10-33/h1-2,5-6,8-9,13,22,29,34H,3-4,10,28,30H2/t13-,22-/m0/s1. The summed E-state index contributed by atoms with van der Waals surface area (Å²) in [7, 11) is 0. The molecule has 0 unspecified atom stereocenters. The smallest absolute Gasteiger partial charge is 0.232 e. The number of aromatic nitrogens is 2. The van der Waals surface area contributed by atoms with Crippen molar-refractivity contribution in [2.75, 3.05) is 23.7 Å². The summed E-state index contributed by atoms with van der Waals surface area (Å²) in [5.41, 5.74) is 13.4. The van der Waals surface area contributed by atoms with E-state index in [2.05, 4.69) is 16.0 Å². The second-order valence-corrected chi connectivity index (χ2v) is 8.67. The second kappa shape index (κ2) is 10.0. The van der Waals surface area contributed by atoms with Gasteiger partial charge in [-0.15, -0.1) is 0 Å². The molecule has 0 spiro atoms. The van der Waals surface area contributed by atoms with E-state index in [1.807, 2.05) is 4.90 Å². The molecule has 6 N–H and O–H groups in total. The van der Waals surface area contributed by atoms with Gasteiger partial charge in [0.1, 0.15) is 22.7 Å². The van der Waals surface area contributed by atoms with E-state index in [1.165, 1.54) is 24.4 Å². The van der Waals surface area contributed by atoms with Gasteiger partial charge in [0.25, 0.3) is 0 Å². The van der Waals surface area contributed by atoms with Gasteiger partial charge in [-0.2, -0.15) is 9.65 Å². The first-order chi connectivity index (χ1) is 16.7. The Hall–Kier alpha value is -3.49. The van der Waals surface area contributed by atoms with Gasteiger partial charge in [0.15, 0.2) is 6.23 Å². The van der Waals surface area contributed by atoms with Gasteiger partial charge in [-0.25, -0.2) is 9.97 Å². The number of halogens is 3. The average Bonchev–Trinajstić information content (AvgIpc) is 3.28. The molecule has 0 amide bonds. The number of hydrogen-bond donors (Lipinski definition) is 4. The summed E-state index contributed by atoms with van der Waals surface area (Å²) in [6.07, 6.45) is 1.46. The van der Waals surface area contributed by atoms with Crippen molar-refractivity contribution in [1.82, 2.24) is 9.97 Å². The normalized spacial score (nSPS) is 16.1. The lowest BCUT2D eigenvalue weighted by Gasteiger charge is -2.19. The van der Waals surface area contributed by atoms with Crippen molar-refractivity contribution in [1.29, 1.82) is 10.7 Å². The minimum atomic E-state index is -1.22. The van der Waals surface area contributed by atoms with Gasteiger partial charge in [-0.3, -0.25) is 11.1 Å². The summed E-state index contributed by atoms with van der Waals surface area (Å²) in [6, 6.07) is 8.21. The van der Waals surface area contributed by atoms with E-state index in [4.69, 9.17) is 44.8 Å². The topological polar surface area (TPSA) is 158 Å². The van der Waals surface area contributed by atoms with Crippen LogP contribution >= 0.6 is 23.2 Å². The van der Waals surface area contributed by atoms with Crippen LogP contribution < -0.4 is 21.1 Å². The highest BCUT2D eigenvalue weighted by atomic mass is 35.5. The SMILES string of the molecule is N#Cc1cc(C(=N)c2cc(O[C@H](N)c3c(Cl)cnc(F)c3Cl)ccc2N)cnc1N1CC[C@H](O)C1. The fourth-order valence-corrected chi connectivity index (χ4v) is 4.32. The molecule has 1 aromatic carbocycles. The molecule has 2 atom stereocenters. The molecule has 0 aliphatic carbocycles. The zero-order valence-electron chi connectivity index (χ0n) is 18.2.